The van der Waals surface area contributed by atoms with Gasteiger partial charge < -0.3 is 15.1 Å². The second kappa shape index (κ2) is 5.36. The number of rotatable bonds is 3. The quantitative estimate of drug-likeness (QED) is 0.860. The maximum Gasteiger partial charge on any atom is 0.131 e. The number of hydrogen-bond donors (Lipinski definition) is 1. The Morgan fingerprint density at radius 1 is 1.24 bits per heavy atom. The van der Waals surface area contributed by atoms with Crippen LogP contribution in [0.25, 0.3) is 0 Å². The summed E-state index contributed by atoms with van der Waals surface area (Å²) in [6.07, 6.45) is 0. The summed E-state index contributed by atoms with van der Waals surface area (Å²) in [5.74, 6) is 2.06. The lowest BCUT2D eigenvalue weighted by molar-refractivity contribution is 0.270. The number of likely N-dealkylation sites (N-methyl/N-ethyl adjacent to an activating group) is 1. The van der Waals surface area contributed by atoms with E-state index in [1.807, 2.05) is 7.05 Å². The molecule has 0 radical (unpaired) electrons. The molecular weight excluding hydrogens is 212 g/mol. The fraction of sp³-hybridized carbons (Fsp3) is 0.615. The van der Waals surface area contributed by atoms with E-state index in [9.17, 15) is 0 Å². The minimum atomic E-state index is 0.956. The van der Waals surface area contributed by atoms with E-state index in [0.717, 1.165) is 44.4 Å². The molecule has 0 spiro atoms. The van der Waals surface area contributed by atoms with E-state index in [1.54, 1.807) is 0 Å². The number of nitrogens with one attached hydrogen (secondary N) is 1. The Hall–Kier alpha value is -1.29. The van der Waals surface area contributed by atoms with Crippen molar-refractivity contribution in [1.82, 2.24) is 9.88 Å². The average Bonchev–Trinajstić information content (AvgIpc) is 2.38. The highest BCUT2D eigenvalue weighted by Crippen LogP contribution is 2.18. The van der Waals surface area contributed by atoms with E-state index >= 15 is 0 Å². The number of aryl methyl sites for hydroxylation is 1. The largest absolute Gasteiger partial charge is 0.373 e. The topological polar surface area (TPSA) is 31.4 Å². The lowest BCUT2D eigenvalue weighted by Crippen LogP contribution is -2.46. The highest BCUT2D eigenvalue weighted by molar-refractivity contribution is 5.50. The molecule has 2 heterocycles. The third-order valence-corrected chi connectivity index (χ3v) is 3.36. The van der Waals surface area contributed by atoms with Gasteiger partial charge in [-0.1, -0.05) is 6.92 Å². The Morgan fingerprint density at radius 2 is 1.94 bits per heavy atom. The van der Waals surface area contributed by atoms with Gasteiger partial charge in [-0.05, 0) is 31.2 Å². The molecule has 4 nitrogen and oxygen atoms in total. The maximum absolute atomic E-state index is 4.62. The van der Waals surface area contributed by atoms with Gasteiger partial charge in [0.1, 0.15) is 11.6 Å². The van der Waals surface area contributed by atoms with Gasteiger partial charge in [-0.15, -0.1) is 0 Å². The first-order valence-electron chi connectivity index (χ1n) is 6.36. The number of piperazine rings is 1. The van der Waals surface area contributed by atoms with E-state index in [1.165, 1.54) is 5.56 Å². The Bertz CT molecular complexity index is 370. The van der Waals surface area contributed by atoms with E-state index in [4.69, 9.17) is 0 Å². The predicted octanol–water partition coefficient (Wildman–Crippen LogP) is 1.57. The van der Waals surface area contributed by atoms with Crippen LogP contribution in [0.3, 0.4) is 0 Å². The molecule has 1 N–H and O–H groups in total. The Morgan fingerprint density at radius 3 is 2.53 bits per heavy atom. The van der Waals surface area contributed by atoms with E-state index in [2.05, 4.69) is 46.1 Å². The zero-order chi connectivity index (χ0) is 12.3. The summed E-state index contributed by atoms with van der Waals surface area (Å²) in [5, 5.41) is 3.12. The summed E-state index contributed by atoms with van der Waals surface area (Å²) >= 11 is 0. The monoisotopic (exact) mass is 234 g/mol. The van der Waals surface area contributed by atoms with Gasteiger partial charge in [-0.3, -0.25) is 0 Å². The van der Waals surface area contributed by atoms with E-state index in [-0.39, 0.29) is 0 Å². The summed E-state index contributed by atoms with van der Waals surface area (Å²) in [6, 6.07) is 4.24. The summed E-state index contributed by atoms with van der Waals surface area (Å²) in [4.78, 5) is 9.48. The van der Waals surface area contributed by atoms with Crippen LogP contribution in [-0.2, 0) is 0 Å². The number of pyridine rings is 1. The maximum atomic E-state index is 4.62. The van der Waals surface area contributed by atoms with Crippen molar-refractivity contribution >= 4 is 11.6 Å². The molecule has 1 aliphatic rings. The summed E-state index contributed by atoms with van der Waals surface area (Å²) in [5.41, 5.74) is 1.26. The van der Waals surface area contributed by atoms with Gasteiger partial charge in [0, 0.05) is 33.2 Å². The van der Waals surface area contributed by atoms with Crippen molar-refractivity contribution in [3.63, 3.8) is 0 Å². The Balaban J connectivity index is 2.10. The molecule has 94 valence electrons. The highest BCUT2D eigenvalue weighted by Gasteiger charge is 2.17. The molecule has 1 aromatic heterocycles. The first-order valence-corrected chi connectivity index (χ1v) is 6.36. The average molecular weight is 234 g/mol. The standard InChI is InChI=1S/C13H22N4/c1-4-16-5-7-17(8-6-16)13-10-11(2)9-12(14-3)15-13/h9-10H,4-8H2,1-3H3,(H,14,15). The van der Waals surface area contributed by atoms with Crippen molar-refractivity contribution in [2.45, 2.75) is 13.8 Å². The van der Waals surface area contributed by atoms with Crippen LogP contribution in [-0.4, -0.2) is 49.7 Å². The Kier molecular flexibility index (Phi) is 3.84. The molecule has 0 saturated carbocycles. The van der Waals surface area contributed by atoms with Crippen LogP contribution in [0.2, 0.25) is 0 Å². The third kappa shape index (κ3) is 2.88. The molecule has 1 fully saturated rings. The van der Waals surface area contributed by atoms with Crippen LogP contribution in [0, 0.1) is 6.92 Å². The molecule has 0 unspecified atom stereocenters. The number of nitrogens with zero attached hydrogens (tertiary/aromatic N) is 3. The van der Waals surface area contributed by atoms with Gasteiger partial charge >= 0.3 is 0 Å². The molecule has 17 heavy (non-hydrogen) atoms. The van der Waals surface area contributed by atoms with E-state index < -0.39 is 0 Å². The van der Waals surface area contributed by atoms with Crippen LogP contribution >= 0.6 is 0 Å². The van der Waals surface area contributed by atoms with Gasteiger partial charge in [0.05, 0.1) is 0 Å². The predicted molar refractivity (Wildman–Crippen MR) is 72.8 cm³/mol. The second-order valence-electron chi connectivity index (χ2n) is 4.56. The van der Waals surface area contributed by atoms with Crippen molar-refractivity contribution in [1.29, 1.82) is 0 Å². The second-order valence-corrected chi connectivity index (χ2v) is 4.56. The normalized spacial score (nSPS) is 17.2. The van der Waals surface area contributed by atoms with Gasteiger partial charge in [0.25, 0.3) is 0 Å². The number of anilines is 2. The Labute approximate surface area is 104 Å². The molecule has 0 aromatic carbocycles. The third-order valence-electron chi connectivity index (χ3n) is 3.36. The smallest absolute Gasteiger partial charge is 0.131 e. The molecular formula is C13H22N4. The molecule has 0 atom stereocenters. The van der Waals surface area contributed by atoms with Crippen LogP contribution in [0.4, 0.5) is 11.6 Å². The lowest BCUT2D eigenvalue weighted by Gasteiger charge is -2.35. The van der Waals surface area contributed by atoms with Crippen molar-refractivity contribution in [3.05, 3.63) is 17.7 Å². The van der Waals surface area contributed by atoms with Crippen molar-refractivity contribution in [2.75, 3.05) is 50.0 Å². The number of aromatic nitrogens is 1. The molecule has 0 aliphatic carbocycles. The molecule has 1 aromatic rings. The van der Waals surface area contributed by atoms with Gasteiger partial charge in [-0.25, -0.2) is 4.98 Å². The minimum absolute atomic E-state index is 0.956. The highest BCUT2D eigenvalue weighted by atomic mass is 15.3. The molecule has 0 bridgehead atoms. The molecule has 4 heteroatoms. The van der Waals surface area contributed by atoms with Crippen LogP contribution in [0.5, 0.6) is 0 Å². The van der Waals surface area contributed by atoms with Crippen LogP contribution in [0.15, 0.2) is 12.1 Å². The fourth-order valence-corrected chi connectivity index (χ4v) is 2.23. The molecule has 1 aliphatic heterocycles. The van der Waals surface area contributed by atoms with Gasteiger partial charge in [0.2, 0.25) is 0 Å². The SMILES string of the molecule is CCN1CCN(c2cc(C)cc(NC)n2)CC1. The first-order chi connectivity index (χ1) is 8.22. The zero-order valence-electron chi connectivity index (χ0n) is 11.0. The van der Waals surface area contributed by atoms with Crippen molar-refractivity contribution in [3.8, 4) is 0 Å². The molecule has 2 rings (SSSR count). The minimum Gasteiger partial charge on any atom is -0.373 e. The first kappa shape index (κ1) is 12.2. The van der Waals surface area contributed by atoms with Crippen LogP contribution in [0.1, 0.15) is 12.5 Å². The zero-order valence-corrected chi connectivity index (χ0v) is 11.0. The lowest BCUT2D eigenvalue weighted by atomic mass is 10.2. The molecule has 1 saturated heterocycles. The molecule has 0 amide bonds. The van der Waals surface area contributed by atoms with Crippen molar-refractivity contribution < 1.29 is 0 Å². The van der Waals surface area contributed by atoms with Gasteiger partial charge in [-0.2, -0.15) is 0 Å². The summed E-state index contributed by atoms with van der Waals surface area (Å²) < 4.78 is 0. The number of hydrogen-bond acceptors (Lipinski definition) is 4. The van der Waals surface area contributed by atoms with E-state index in [0.29, 0.717) is 0 Å². The van der Waals surface area contributed by atoms with Crippen molar-refractivity contribution in [2.24, 2.45) is 0 Å². The summed E-state index contributed by atoms with van der Waals surface area (Å²) in [7, 11) is 1.92. The van der Waals surface area contributed by atoms with Gasteiger partial charge in [0.15, 0.2) is 0 Å². The fourth-order valence-electron chi connectivity index (χ4n) is 2.23. The van der Waals surface area contributed by atoms with Crippen LogP contribution < -0.4 is 10.2 Å². The summed E-state index contributed by atoms with van der Waals surface area (Å²) in [6.45, 7) is 9.92.